The number of carbonyl (C=O) groups excluding carboxylic acids is 1. The first-order chi connectivity index (χ1) is 21.0. The van der Waals surface area contributed by atoms with Crippen molar-refractivity contribution in [3.05, 3.63) is 107 Å². The Kier molecular flexibility index (Phi) is 9.08. The molecule has 224 valence electrons. The molecule has 0 radical (unpaired) electrons. The molecule has 1 amide bonds. The van der Waals surface area contributed by atoms with E-state index in [9.17, 15) is 4.79 Å². The molecule has 1 unspecified atom stereocenters. The van der Waals surface area contributed by atoms with E-state index in [1.165, 1.54) is 11.1 Å². The van der Waals surface area contributed by atoms with Crippen molar-refractivity contribution < 1.29 is 14.3 Å². The zero-order valence-corrected chi connectivity index (χ0v) is 25.2. The number of aryl methyl sites for hydroxylation is 2. The summed E-state index contributed by atoms with van der Waals surface area (Å²) >= 11 is 0. The lowest BCUT2D eigenvalue weighted by molar-refractivity contribution is -0.123. The fourth-order valence-corrected chi connectivity index (χ4v) is 6.05. The molecule has 43 heavy (non-hydrogen) atoms. The van der Waals surface area contributed by atoms with Gasteiger partial charge in [0.25, 0.3) is 0 Å². The molecular weight excluding hydrogens is 536 g/mol. The maximum Gasteiger partial charge on any atom is 0.244 e. The predicted octanol–water partition coefficient (Wildman–Crippen LogP) is 5.98. The average Bonchev–Trinajstić information content (AvgIpc) is 3.64. The van der Waals surface area contributed by atoms with E-state index in [0.29, 0.717) is 24.9 Å². The van der Waals surface area contributed by atoms with Gasteiger partial charge in [-0.1, -0.05) is 68.4 Å². The molecule has 6 rings (SSSR count). The smallest absolute Gasteiger partial charge is 0.244 e. The third kappa shape index (κ3) is 7.46. The molecule has 0 spiro atoms. The van der Waals surface area contributed by atoms with Crippen LogP contribution in [0, 0.1) is 11.8 Å². The van der Waals surface area contributed by atoms with Crippen molar-refractivity contribution in [2.24, 2.45) is 11.8 Å². The highest BCUT2D eigenvalue weighted by Crippen LogP contribution is 2.39. The Balaban J connectivity index is 0.955. The standard InChI is InChI=1S/C36H42N4O3/c1-26(2)21-32-23-30(38-40(32)31-11-7-4-8-12-31)24-37-35(41)25-39-19-17-29(18-20-39)36-42-33-16-15-28(22-34(33)43-36)14-13-27-9-5-3-6-10-27/h3-12,15-16,22-23,26,29,36H,13-14,17-21,24-25H2,1-2H3,(H,37,41). The molecule has 3 aromatic carbocycles. The van der Waals surface area contributed by atoms with Crippen LogP contribution in [0.15, 0.2) is 84.9 Å². The van der Waals surface area contributed by atoms with Crippen molar-refractivity contribution in [1.82, 2.24) is 20.0 Å². The molecule has 1 saturated heterocycles. The van der Waals surface area contributed by atoms with E-state index >= 15 is 0 Å². The van der Waals surface area contributed by atoms with E-state index in [-0.39, 0.29) is 12.2 Å². The van der Waals surface area contributed by atoms with Gasteiger partial charge in [0.05, 0.1) is 24.5 Å². The van der Waals surface area contributed by atoms with Gasteiger partial charge in [0, 0.05) is 11.6 Å². The van der Waals surface area contributed by atoms with Gasteiger partial charge in [0.1, 0.15) is 0 Å². The van der Waals surface area contributed by atoms with Crippen LogP contribution in [0.4, 0.5) is 0 Å². The first kappa shape index (κ1) is 29.0. The van der Waals surface area contributed by atoms with Crippen LogP contribution in [-0.2, 0) is 30.6 Å². The number of fused-ring (bicyclic) bond motifs is 1. The number of piperidine rings is 1. The lowest BCUT2D eigenvalue weighted by atomic mass is 9.96. The third-order valence-electron chi connectivity index (χ3n) is 8.34. The molecule has 1 aromatic heterocycles. The van der Waals surface area contributed by atoms with Gasteiger partial charge >= 0.3 is 0 Å². The number of likely N-dealkylation sites (tertiary alicyclic amines) is 1. The number of para-hydroxylation sites is 1. The Bertz CT molecular complexity index is 1490. The summed E-state index contributed by atoms with van der Waals surface area (Å²) in [5.74, 6) is 2.54. The van der Waals surface area contributed by atoms with Gasteiger partial charge in [-0.15, -0.1) is 0 Å². The Morgan fingerprint density at radius 1 is 0.884 bits per heavy atom. The molecule has 7 heteroatoms. The number of ether oxygens (including phenoxy) is 2. The number of hydrogen-bond donors (Lipinski definition) is 1. The van der Waals surface area contributed by atoms with Crippen LogP contribution < -0.4 is 14.8 Å². The Labute approximate surface area is 254 Å². The number of nitrogens with one attached hydrogen (secondary N) is 1. The highest BCUT2D eigenvalue weighted by Gasteiger charge is 2.34. The zero-order valence-electron chi connectivity index (χ0n) is 25.2. The second kappa shape index (κ2) is 13.5. The second-order valence-electron chi connectivity index (χ2n) is 12.2. The summed E-state index contributed by atoms with van der Waals surface area (Å²) in [6.45, 7) is 6.93. The second-order valence-corrected chi connectivity index (χ2v) is 12.2. The largest absolute Gasteiger partial charge is 0.451 e. The quantitative estimate of drug-likeness (QED) is 0.237. The molecule has 1 atom stereocenters. The molecule has 7 nitrogen and oxygen atoms in total. The van der Waals surface area contributed by atoms with Crippen LogP contribution in [0.5, 0.6) is 11.5 Å². The number of amides is 1. The van der Waals surface area contributed by atoms with Gasteiger partial charge in [0.2, 0.25) is 12.2 Å². The van der Waals surface area contributed by atoms with Gasteiger partial charge in [0.15, 0.2) is 11.5 Å². The maximum atomic E-state index is 12.8. The number of carbonyl (C=O) groups is 1. The van der Waals surface area contributed by atoms with Crippen LogP contribution in [0.1, 0.15) is 49.2 Å². The number of hydrogen-bond acceptors (Lipinski definition) is 5. The Morgan fingerprint density at radius 3 is 2.33 bits per heavy atom. The van der Waals surface area contributed by atoms with Gasteiger partial charge in [-0.2, -0.15) is 5.10 Å². The van der Waals surface area contributed by atoms with Crippen molar-refractivity contribution in [2.75, 3.05) is 19.6 Å². The van der Waals surface area contributed by atoms with Crippen LogP contribution in [0.2, 0.25) is 0 Å². The van der Waals surface area contributed by atoms with Gasteiger partial charge in [-0.05, 0) is 92.6 Å². The van der Waals surface area contributed by atoms with Gasteiger partial charge < -0.3 is 14.8 Å². The maximum absolute atomic E-state index is 12.8. The van der Waals surface area contributed by atoms with Crippen LogP contribution in [-0.4, -0.2) is 46.5 Å². The zero-order chi connectivity index (χ0) is 29.6. The van der Waals surface area contributed by atoms with Gasteiger partial charge in [-0.3, -0.25) is 9.69 Å². The molecule has 4 aromatic rings. The topological polar surface area (TPSA) is 68.6 Å². The first-order valence-electron chi connectivity index (χ1n) is 15.6. The number of benzene rings is 3. The van der Waals surface area contributed by atoms with Crippen LogP contribution in [0.25, 0.3) is 5.69 Å². The van der Waals surface area contributed by atoms with E-state index < -0.39 is 0 Å². The van der Waals surface area contributed by atoms with Gasteiger partial charge in [-0.25, -0.2) is 4.68 Å². The molecule has 0 saturated carbocycles. The summed E-state index contributed by atoms with van der Waals surface area (Å²) in [6.07, 6.45) is 4.53. The lowest BCUT2D eigenvalue weighted by Crippen LogP contribution is -2.44. The summed E-state index contributed by atoms with van der Waals surface area (Å²) < 4.78 is 14.5. The molecular formula is C36H42N4O3. The van der Waals surface area contributed by atoms with E-state index in [2.05, 4.69) is 84.7 Å². The molecule has 2 aliphatic rings. The van der Waals surface area contributed by atoms with E-state index in [1.54, 1.807) is 0 Å². The fraction of sp³-hybridized carbons (Fsp3) is 0.389. The highest BCUT2D eigenvalue weighted by molar-refractivity contribution is 5.78. The number of nitrogens with zero attached hydrogens (tertiary/aromatic N) is 3. The van der Waals surface area contributed by atoms with Crippen LogP contribution >= 0.6 is 0 Å². The summed E-state index contributed by atoms with van der Waals surface area (Å²) in [7, 11) is 0. The Morgan fingerprint density at radius 2 is 1.58 bits per heavy atom. The van der Waals surface area contributed by atoms with Crippen molar-refractivity contribution >= 4 is 5.91 Å². The van der Waals surface area contributed by atoms with Crippen molar-refractivity contribution in [3.63, 3.8) is 0 Å². The summed E-state index contributed by atoms with van der Waals surface area (Å²) in [5.41, 5.74) is 5.68. The monoisotopic (exact) mass is 578 g/mol. The minimum Gasteiger partial charge on any atom is -0.451 e. The highest BCUT2D eigenvalue weighted by atomic mass is 16.7. The minimum absolute atomic E-state index is 0.0296. The molecule has 0 aliphatic carbocycles. The number of aromatic nitrogens is 2. The molecule has 1 fully saturated rings. The first-order valence-corrected chi connectivity index (χ1v) is 15.6. The summed E-state index contributed by atoms with van der Waals surface area (Å²) in [4.78, 5) is 15.1. The van der Waals surface area contributed by atoms with Crippen molar-refractivity contribution in [3.8, 4) is 17.2 Å². The summed E-state index contributed by atoms with van der Waals surface area (Å²) in [6, 6.07) is 29.2. The third-order valence-corrected chi connectivity index (χ3v) is 8.34. The minimum atomic E-state index is -0.255. The summed E-state index contributed by atoms with van der Waals surface area (Å²) in [5, 5.41) is 7.90. The average molecular weight is 579 g/mol. The molecule has 0 bridgehead atoms. The predicted molar refractivity (Wildman–Crippen MR) is 168 cm³/mol. The van der Waals surface area contributed by atoms with E-state index in [0.717, 1.165) is 73.8 Å². The molecule has 2 aliphatic heterocycles. The molecule has 1 N–H and O–H groups in total. The normalized spacial score (nSPS) is 17.0. The van der Waals surface area contributed by atoms with Crippen LogP contribution in [0.3, 0.4) is 0 Å². The van der Waals surface area contributed by atoms with Crippen molar-refractivity contribution in [1.29, 1.82) is 0 Å². The van der Waals surface area contributed by atoms with E-state index in [4.69, 9.17) is 14.6 Å². The van der Waals surface area contributed by atoms with E-state index in [1.807, 2.05) is 28.9 Å². The molecule has 3 heterocycles. The van der Waals surface area contributed by atoms with Crippen molar-refractivity contribution in [2.45, 2.75) is 58.8 Å². The fourth-order valence-electron chi connectivity index (χ4n) is 6.05. The Hall–Kier alpha value is -4.10. The number of rotatable bonds is 11. The lowest BCUT2D eigenvalue weighted by Gasteiger charge is -2.33. The SMILES string of the molecule is CC(C)Cc1cc(CNC(=O)CN2CCC(C3Oc4ccc(CCc5ccccc5)cc4O3)CC2)nn1-c1ccccc1.